The number of non-ortho nitro benzene ring substituents is 1. The molecule has 1 aromatic carbocycles. The Bertz CT molecular complexity index is 873. The molecular formula is C20H24N4O5. The van der Waals surface area contributed by atoms with Gasteiger partial charge in [0, 0.05) is 24.4 Å². The van der Waals surface area contributed by atoms with Crippen LogP contribution in [0.25, 0.3) is 0 Å². The van der Waals surface area contributed by atoms with E-state index in [1.165, 1.54) is 18.2 Å². The van der Waals surface area contributed by atoms with E-state index in [0.717, 1.165) is 38.2 Å². The molecule has 2 heterocycles. The van der Waals surface area contributed by atoms with Gasteiger partial charge in [-0.15, -0.1) is 0 Å². The highest BCUT2D eigenvalue weighted by Crippen LogP contribution is 2.21. The molecule has 2 N–H and O–H groups in total. The predicted octanol–water partition coefficient (Wildman–Crippen LogP) is 2.46. The molecule has 9 nitrogen and oxygen atoms in total. The molecule has 1 aromatic heterocycles. The predicted molar refractivity (Wildman–Crippen MR) is 106 cm³/mol. The van der Waals surface area contributed by atoms with Crippen molar-refractivity contribution < 1.29 is 18.9 Å². The Hall–Kier alpha value is -3.20. The van der Waals surface area contributed by atoms with E-state index in [2.05, 4.69) is 15.5 Å². The number of aryl methyl sites for hydroxylation is 1. The molecule has 2 amide bonds. The van der Waals surface area contributed by atoms with Crippen LogP contribution in [0.2, 0.25) is 0 Å². The van der Waals surface area contributed by atoms with Gasteiger partial charge in [0.15, 0.2) is 0 Å². The van der Waals surface area contributed by atoms with E-state index in [0.29, 0.717) is 23.7 Å². The average molecular weight is 400 g/mol. The van der Waals surface area contributed by atoms with Crippen LogP contribution in [0.5, 0.6) is 0 Å². The molecule has 9 heteroatoms. The van der Waals surface area contributed by atoms with Gasteiger partial charge in [-0.3, -0.25) is 24.6 Å². The Morgan fingerprint density at radius 3 is 2.62 bits per heavy atom. The molecule has 3 rings (SSSR count). The number of carbonyl (C=O) groups excluding carboxylic acids is 2. The maximum atomic E-state index is 12.1. The van der Waals surface area contributed by atoms with Crippen LogP contribution in [-0.4, -0.2) is 41.3 Å². The normalized spacial score (nSPS) is 15.1. The number of hydrogen-bond donors (Lipinski definition) is 2. The SMILES string of the molecule is Cc1cc([N+](=O)[O-])ccc1NC(=O)C(=O)NCC1CCN(Cc2ccco2)CC1. The van der Waals surface area contributed by atoms with Gasteiger partial charge in [-0.25, -0.2) is 0 Å². The van der Waals surface area contributed by atoms with E-state index in [9.17, 15) is 19.7 Å². The number of anilines is 1. The van der Waals surface area contributed by atoms with Crippen molar-refractivity contribution in [3.05, 3.63) is 58.0 Å². The number of rotatable bonds is 6. The van der Waals surface area contributed by atoms with E-state index in [1.54, 1.807) is 13.2 Å². The monoisotopic (exact) mass is 400 g/mol. The zero-order valence-corrected chi connectivity index (χ0v) is 16.2. The van der Waals surface area contributed by atoms with E-state index >= 15 is 0 Å². The minimum atomic E-state index is -0.780. The molecule has 0 spiro atoms. The molecule has 0 unspecified atom stereocenters. The molecule has 0 saturated carbocycles. The first-order valence-electron chi connectivity index (χ1n) is 9.51. The number of nitro groups is 1. The van der Waals surface area contributed by atoms with Crippen molar-refractivity contribution in [2.45, 2.75) is 26.3 Å². The third kappa shape index (κ3) is 5.64. The molecule has 1 saturated heterocycles. The van der Waals surface area contributed by atoms with Crippen LogP contribution in [0.15, 0.2) is 41.0 Å². The summed E-state index contributed by atoms with van der Waals surface area (Å²) in [5.41, 5.74) is 0.828. The molecular weight excluding hydrogens is 376 g/mol. The van der Waals surface area contributed by atoms with Gasteiger partial charge in [-0.05, 0) is 62.5 Å². The number of furan rings is 1. The lowest BCUT2D eigenvalue weighted by molar-refractivity contribution is -0.384. The number of benzene rings is 1. The molecule has 154 valence electrons. The number of hydrogen-bond acceptors (Lipinski definition) is 6. The third-order valence-corrected chi connectivity index (χ3v) is 5.09. The van der Waals surface area contributed by atoms with Gasteiger partial charge in [0.1, 0.15) is 5.76 Å². The topological polar surface area (TPSA) is 118 Å². The van der Waals surface area contributed by atoms with Crippen molar-refractivity contribution >= 4 is 23.2 Å². The fraction of sp³-hybridized carbons (Fsp3) is 0.400. The lowest BCUT2D eigenvalue weighted by Crippen LogP contribution is -2.41. The van der Waals surface area contributed by atoms with Gasteiger partial charge in [0.05, 0.1) is 17.7 Å². The Morgan fingerprint density at radius 1 is 1.24 bits per heavy atom. The molecule has 1 aliphatic rings. The van der Waals surface area contributed by atoms with Crippen LogP contribution in [0.4, 0.5) is 11.4 Å². The quantitative estimate of drug-likeness (QED) is 0.437. The van der Waals surface area contributed by atoms with E-state index in [1.807, 2.05) is 12.1 Å². The zero-order chi connectivity index (χ0) is 20.8. The number of nitrogens with zero attached hydrogens (tertiary/aromatic N) is 2. The summed E-state index contributed by atoms with van der Waals surface area (Å²) in [6.45, 7) is 4.69. The molecule has 2 aromatic rings. The highest BCUT2D eigenvalue weighted by Gasteiger charge is 2.22. The molecule has 0 atom stereocenters. The molecule has 29 heavy (non-hydrogen) atoms. The standard InChI is InChI=1S/C20H24N4O5/c1-14-11-16(24(27)28)4-5-18(14)22-20(26)19(25)21-12-15-6-8-23(9-7-15)13-17-3-2-10-29-17/h2-5,10-11,15H,6-9,12-13H2,1H3,(H,21,25)(H,22,26). The number of nitro benzene ring substituents is 1. The van der Waals surface area contributed by atoms with Crippen molar-refractivity contribution in [3.8, 4) is 0 Å². The van der Waals surface area contributed by atoms with Crippen LogP contribution in [0.1, 0.15) is 24.2 Å². The van der Waals surface area contributed by atoms with E-state index in [4.69, 9.17) is 4.42 Å². The molecule has 1 fully saturated rings. The van der Waals surface area contributed by atoms with Gasteiger partial charge in [0.2, 0.25) is 0 Å². The minimum absolute atomic E-state index is 0.0664. The van der Waals surface area contributed by atoms with Crippen molar-refractivity contribution in [1.82, 2.24) is 10.2 Å². The van der Waals surface area contributed by atoms with Crippen LogP contribution < -0.4 is 10.6 Å². The summed E-state index contributed by atoms with van der Waals surface area (Å²) in [6, 6.07) is 7.90. The van der Waals surface area contributed by atoms with Crippen molar-refractivity contribution in [3.63, 3.8) is 0 Å². The second-order valence-electron chi connectivity index (χ2n) is 7.22. The second kappa shape index (κ2) is 9.33. The van der Waals surface area contributed by atoms with E-state index in [-0.39, 0.29) is 5.69 Å². The van der Waals surface area contributed by atoms with Gasteiger partial charge < -0.3 is 15.1 Å². The summed E-state index contributed by atoms with van der Waals surface area (Å²) in [6.07, 6.45) is 3.54. The lowest BCUT2D eigenvalue weighted by Gasteiger charge is -2.31. The fourth-order valence-corrected chi connectivity index (χ4v) is 3.37. The lowest BCUT2D eigenvalue weighted by atomic mass is 9.96. The summed E-state index contributed by atoms with van der Waals surface area (Å²) >= 11 is 0. The fourth-order valence-electron chi connectivity index (χ4n) is 3.37. The summed E-state index contributed by atoms with van der Waals surface area (Å²) in [5, 5.41) is 16.0. The van der Waals surface area contributed by atoms with Gasteiger partial charge in [-0.2, -0.15) is 0 Å². The third-order valence-electron chi connectivity index (χ3n) is 5.09. The Labute approximate surface area is 168 Å². The van der Waals surface area contributed by atoms with Crippen molar-refractivity contribution in [2.24, 2.45) is 5.92 Å². The molecule has 0 bridgehead atoms. The Kier molecular flexibility index (Phi) is 6.61. The highest BCUT2D eigenvalue weighted by molar-refractivity contribution is 6.39. The Balaban J connectivity index is 1.41. The first-order chi connectivity index (χ1) is 13.9. The highest BCUT2D eigenvalue weighted by atomic mass is 16.6. The van der Waals surface area contributed by atoms with Gasteiger partial charge in [0.25, 0.3) is 5.69 Å². The summed E-state index contributed by atoms with van der Waals surface area (Å²) in [7, 11) is 0. The van der Waals surface area contributed by atoms with Crippen LogP contribution in [-0.2, 0) is 16.1 Å². The van der Waals surface area contributed by atoms with Crippen LogP contribution in [0, 0.1) is 23.0 Å². The summed E-state index contributed by atoms with van der Waals surface area (Å²) in [4.78, 5) is 36.8. The zero-order valence-electron chi connectivity index (χ0n) is 16.2. The minimum Gasteiger partial charge on any atom is -0.468 e. The van der Waals surface area contributed by atoms with Gasteiger partial charge in [-0.1, -0.05) is 0 Å². The number of carbonyl (C=O) groups is 2. The smallest absolute Gasteiger partial charge is 0.313 e. The number of nitrogens with one attached hydrogen (secondary N) is 2. The number of amides is 2. The van der Waals surface area contributed by atoms with Crippen molar-refractivity contribution in [1.29, 1.82) is 0 Å². The maximum absolute atomic E-state index is 12.1. The first-order valence-corrected chi connectivity index (χ1v) is 9.51. The second-order valence-corrected chi connectivity index (χ2v) is 7.22. The first kappa shape index (κ1) is 20.5. The van der Waals surface area contributed by atoms with E-state index < -0.39 is 16.7 Å². The summed E-state index contributed by atoms with van der Waals surface area (Å²) in [5.74, 6) is -0.228. The van der Waals surface area contributed by atoms with Gasteiger partial charge >= 0.3 is 11.8 Å². The van der Waals surface area contributed by atoms with Crippen LogP contribution in [0.3, 0.4) is 0 Å². The molecule has 1 aliphatic heterocycles. The summed E-state index contributed by atoms with van der Waals surface area (Å²) < 4.78 is 5.37. The van der Waals surface area contributed by atoms with Crippen molar-refractivity contribution in [2.75, 3.05) is 25.0 Å². The number of piperidine rings is 1. The largest absolute Gasteiger partial charge is 0.468 e. The average Bonchev–Trinajstić information content (AvgIpc) is 3.21. The Morgan fingerprint density at radius 2 is 2.00 bits per heavy atom. The number of likely N-dealkylation sites (tertiary alicyclic amines) is 1. The van der Waals surface area contributed by atoms with Crippen LogP contribution >= 0.6 is 0 Å². The molecule has 0 aliphatic carbocycles. The molecule has 0 radical (unpaired) electrons. The maximum Gasteiger partial charge on any atom is 0.313 e.